The maximum absolute atomic E-state index is 5.06. The molecule has 0 fully saturated rings. The molecule has 0 radical (unpaired) electrons. The molecule has 274 valence electrons. The third-order valence-electron chi connectivity index (χ3n) is 12.4. The summed E-state index contributed by atoms with van der Waals surface area (Å²) >= 11 is 0. The van der Waals surface area contributed by atoms with Gasteiger partial charge >= 0.3 is 0 Å². The summed E-state index contributed by atoms with van der Waals surface area (Å²) in [4.78, 5) is 15.1. The second kappa shape index (κ2) is 13.2. The van der Waals surface area contributed by atoms with Crippen molar-refractivity contribution in [3.8, 4) is 78.7 Å². The van der Waals surface area contributed by atoms with E-state index in [4.69, 9.17) is 15.0 Å². The molecule has 0 saturated heterocycles. The van der Waals surface area contributed by atoms with Crippen molar-refractivity contribution in [1.29, 1.82) is 0 Å². The lowest BCUT2D eigenvalue weighted by molar-refractivity contribution is 0.794. The third-order valence-corrected chi connectivity index (χ3v) is 12.4. The maximum Gasteiger partial charge on any atom is 0.164 e. The van der Waals surface area contributed by atoms with Crippen LogP contribution in [0.1, 0.15) is 22.3 Å². The van der Waals surface area contributed by atoms with Crippen LogP contribution in [0.15, 0.2) is 212 Å². The zero-order valence-electron chi connectivity index (χ0n) is 32.0. The Morgan fingerprint density at radius 3 is 1.19 bits per heavy atom. The molecule has 0 saturated carbocycles. The maximum atomic E-state index is 5.06. The summed E-state index contributed by atoms with van der Waals surface area (Å²) in [6.45, 7) is 0. The standard InChI is InChI=1S/C56H35N3/c1-3-15-38(16-4-1)53-57-54(39-17-5-2-6-18-39)59-55(58-53)48-34-33-41(42-19-7-8-20-43(42)48)37-29-27-36(28-30-37)40-31-32-47-46-23-11-14-26-51(46)56(52(47)35-40)49-24-12-9-21-44(49)45-22-10-13-25-50(45)56/h1-35H. The van der Waals surface area contributed by atoms with Crippen LogP contribution >= 0.6 is 0 Å². The van der Waals surface area contributed by atoms with Crippen LogP contribution in [0.5, 0.6) is 0 Å². The van der Waals surface area contributed by atoms with E-state index >= 15 is 0 Å². The Bertz CT molecular complexity index is 3140. The lowest BCUT2D eigenvalue weighted by Gasteiger charge is -2.30. The van der Waals surface area contributed by atoms with Crippen molar-refractivity contribution in [2.24, 2.45) is 0 Å². The van der Waals surface area contributed by atoms with Crippen LogP contribution in [-0.4, -0.2) is 15.0 Å². The average Bonchev–Trinajstić information content (AvgIpc) is 3.79. The van der Waals surface area contributed by atoms with Gasteiger partial charge in [-0.3, -0.25) is 0 Å². The molecule has 0 amide bonds. The molecule has 10 aromatic rings. The van der Waals surface area contributed by atoms with Gasteiger partial charge in [0.25, 0.3) is 0 Å². The second-order valence-corrected chi connectivity index (χ2v) is 15.5. The summed E-state index contributed by atoms with van der Waals surface area (Å²) in [5.41, 5.74) is 17.9. The fraction of sp³-hybridized carbons (Fsp3) is 0.0179. The second-order valence-electron chi connectivity index (χ2n) is 15.5. The van der Waals surface area contributed by atoms with Crippen LogP contribution < -0.4 is 0 Å². The lowest BCUT2D eigenvalue weighted by atomic mass is 9.70. The summed E-state index contributed by atoms with van der Waals surface area (Å²) in [6.07, 6.45) is 0. The van der Waals surface area contributed by atoms with E-state index in [0.717, 1.165) is 33.0 Å². The zero-order chi connectivity index (χ0) is 38.9. The molecule has 12 rings (SSSR count). The van der Waals surface area contributed by atoms with Gasteiger partial charge < -0.3 is 0 Å². The highest BCUT2D eigenvalue weighted by molar-refractivity contribution is 6.04. The number of nitrogens with zero attached hydrogens (tertiary/aromatic N) is 3. The molecular formula is C56H35N3. The third kappa shape index (κ3) is 5.05. The summed E-state index contributed by atoms with van der Waals surface area (Å²) in [6, 6.07) is 76.4. The number of aromatic nitrogens is 3. The van der Waals surface area contributed by atoms with Crippen molar-refractivity contribution >= 4 is 10.8 Å². The van der Waals surface area contributed by atoms with Crippen LogP contribution in [0.25, 0.3) is 89.4 Å². The number of benzene rings is 9. The molecule has 0 unspecified atom stereocenters. The lowest BCUT2D eigenvalue weighted by Crippen LogP contribution is -2.25. The molecule has 1 heterocycles. The van der Waals surface area contributed by atoms with Crippen molar-refractivity contribution in [3.63, 3.8) is 0 Å². The van der Waals surface area contributed by atoms with Gasteiger partial charge in [-0.15, -0.1) is 0 Å². The van der Waals surface area contributed by atoms with E-state index in [9.17, 15) is 0 Å². The average molecular weight is 750 g/mol. The molecule has 59 heavy (non-hydrogen) atoms. The molecule has 0 bridgehead atoms. The van der Waals surface area contributed by atoms with E-state index in [1.54, 1.807) is 0 Å². The van der Waals surface area contributed by atoms with Gasteiger partial charge in [0, 0.05) is 16.7 Å². The smallest absolute Gasteiger partial charge is 0.164 e. The van der Waals surface area contributed by atoms with Gasteiger partial charge in [-0.2, -0.15) is 0 Å². The predicted octanol–water partition coefficient (Wildman–Crippen LogP) is 13.7. The minimum atomic E-state index is -0.363. The largest absolute Gasteiger partial charge is 0.208 e. The summed E-state index contributed by atoms with van der Waals surface area (Å²) in [7, 11) is 0. The van der Waals surface area contributed by atoms with E-state index in [0.29, 0.717) is 17.5 Å². The first-order chi connectivity index (χ1) is 29.3. The predicted molar refractivity (Wildman–Crippen MR) is 241 cm³/mol. The quantitative estimate of drug-likeness (QED) is 0.176. The fourth-order valence-corrected chi connectivity index (χ4v) is 9.79. The van der Waals surface area contributed by atoms with E-state index < -0.39 is 0 Å². The molecule has 1 spiro atoms. The highest BCUT2D eigenvalue weighted by atomic mass is 15.0. The van der Waals surface area contributed by atoms with Gasteiger partial charge in [-0.05, 0) is 89.7 Å². The van der Waals surface area contributed by atoms with Crippen LogP contribution in [0, 0.1) is 0 Å². The van der Waals surface area contributed by atoms with Crippen molar-refractivity contribution in [3.05, 3.63) is 235 Å². The number of fused-ring (bicyclic) bond motifs is 11. The van der Waals surface area contributed by atoms with Crippen molar-refractivity contribution < 1.29 is 0 Å². The number of rotatable bonds is 5. The zero-order valence-corrected chi connectivity index (χ0v) is 32.0. The Morgan fingerprint density at radius 1 is 0.237 bits per heavy atom. The molecule has 3 nitrogen and oxygen atoms in total. The molecular weight excluding hydrogens is 715 g/mol. The minimum Gasteiger partial charge on any atom is -0.208 e. The van der Waals surface area contributed by atoms with Crippen LogP contribution in [0.4, 0.5) is 0 Å². The molecule has 0 N–H and O–H groups in total. The normalized spacial score (nSPS) is 12.9. The van der Waals surface area contributed by atoms with E-state index in [1.165, 1.54) is 61.2 Å². The Hall–Kier alpha value is -7.75. The van der Waals surface area contributed by atoms with Crippen LogP contribution in [-0.2, 0) is 5.41 Å². The topological polar surface area (TPSA) is 38.7 Å². The minimum absolute atomic E-state index is 0.363. The fourth-order valence-electron chi connectivity index (χ4n) is 9.79. The first kappa shape index (κ1) is 33.4. The number of hydrogen-bond acceptors (Lipinski definition) is 3. The van der Waals surface area contributed by atoms with Gasteiger partial charge in [0.1, 0.15) is 0 Å². The van der Waals surface area contributed by atoms with E-state index in [-0.39, 0.29) is 5.41 Å². The Morgan fingerprint density at radius 2 is 0.627 bits per heavy atom. The highest BCUT2D eigenvalue weighted by Gasteiger charge is 2.51. The molecule has 3 heteroatoms. The summed E-state index contributed by atoms with van der Waals surface area (Å²) in [5, 5.41) is 2.25. The molecule has 0 aliphatic heterocycles. The van der Waals surface area contributed by atoms with Gasteiger partial charge in [-0.25, -0.2) is 15.0 Å². The first-order valence-electron chi connectivity index (χ1n) is 20.2. The Labute approximate surface area is 343 Å². The summed E-state index contributed by atoms with van der Waals surface area (Å²) < 4.78 is 0. The van der Waals surface area contributed by atoms with E-state index in [1.807, 2.05) is 60.7 Å². The van der Waals surface area contributed by atoms with E-state index in [2.05, 4.69) is 152 Å². The van der Waals surface area contributed by atoms with Gasteiger partial charge in [0.2, 0.25) is 0 Å². The van der Waals surface area contributed by atoms with Crippen LogP contribution in [0.2, 0.25) is 0 Å². The molecule has 2 aliphatic carbocycles. The molecule has 0 atom stereocenters. The first-order valence-corrected chi connectivity index (χ1v) is 20.2. The number of hydrogen-bond donors (Lipinski definition) is 0. The van der Waals surface area contributed by atoms with Crippen molar-refractivity contribution in [1.82, 2.24) is 15.0 Å². The Balaban J connectivity index is 0.957. The van der Waals surface area contributed by atoms with Gasteiger partial charge in [-0.1, -0.05) is 200 Å². The Kier molecular flexibility index (Phi) is 7.45. The SMILES string of the molecule is c1ccc(-c2nc(-c3ccccc3)nc(-c3ccc(-c4ccc(-c5ccc6c(c5)C5(c7ccccc7-c7ccccc75)c5ccccc5-6)cc4)c4ccccc34)n2)cc1. The highest BCUT2D eigenvalue weighted by Crippen LogP contribution is 2.63. The molecule has 9 aromatic carbocycles. The monoisotopic (exact) mass is 749 g/mol. The molecule has 2 aliphatic rings. The van der Waals surface area contributed by atoms with Crippen molar-refractivity contribution in [2.75, 3.05) is 0 Å². The molecule has 1 aromatic heterocycles. The summed E-state index contributed by atoms with van der Waals surface area (Å²) in [5.74, 6) is 1.96. The van der Waals surface area contributed by atoms with Gasteiger partial charge in [0.05, 0.1) is 5.41 Å². The van der Waals surface area contributed by atoms with Crippen molar-refractivity contribution in [2.45, 2.75) is 5.41 Å². The van der Waals surface area contributed by atoms with Gasteiger partial charge in [0.15, 0.2) is 17.5 Å². The van der Waals surface area contributed by atoms with Crippen LogP contribution in [0.3, 0.4) is 0 Å².